The average molecular weight is 677 g/mol. The summed E-state index contributed by atoms with van der Waals surface area (Å²) in [7, 11) is 2.00. The largest absolute Gasteiger partial charge is 0.417 e. The smallest absolute Gasteiger partial charge is 0.367 e. The number of nitrogens with zero attached hydrogens (tertiary/aromatic N) is 4. The van der Waals surface area contributed by atoms with Crippen LogP contribution in [0.25, 0.3) is 11.1 Å². The van der Waals surface area contributed by atoms with Crippen LogP contribution in [0.1, 0.15) is 32.6 Å². The van der Waals surface area contributed by atoms with Crippen LogP contribution < -0.4 is 15.8 Å². The number of aromatic amines is 1. The molecule has 1 aromatic heterocycles. The molecular weight excluding hydrogens is 636 g/mol. The molecule has 0 spiro atoms. The van der Waals surface area contributed by atoms with Crippen LogP contribution in [0.5, 0.6) is 0 Å². The number of nitrogens with one attached hydrogen (secondary N) is 2. The molecular formula is C37H40F4N6O2. The fraction of sp³-hybridized carbons (Fsp3) is 0.351. The number of alkyl halides is 3. The Bertz CT molecular complexity index is 1840. The molecule has 258 valence electrons. The second-order valence-corrected chi connectivity index (χ2v) is 13.0. The molecule has 2 aliphatic rings. The number of carbonyl (C=O) groups excluding carboxylic acids is 1. The molecule has 3 aromatic carbocycles. The summed E-state index contributed by atoms with van der Waals surface area (Å²) in [5, 5.41) is 2.65. The van der Waals surface area contributed by atoms with Crippen molar-refractivity contribution in [2.75, 3.05) is 69.6 Å². The lowest BCUT2D eigenvalue weighted by atomic mass is 10.00. The molecule has 2 saturated heterocycles. The summed E-state index contributed by atoms with van der Waals surface area (Å²) < 4.78 is 56.8. The van der Waals surface area contributed by atoms with Gasteiger partial charge in [0.15, 0.2) is 0 Å². The Morgan fingerprint density at radius 2 is 1.45 bits per heavy atom. The predicted molar refractivity (Wildman–Crippen MR) is 183 cm³/mol. The molecule has 2 N–H and O–H groups in total. The van der Waals surface area contributed by atoms with Gasteiger partial charge >= 0.3 is 6.18 Å². The standard InChI is InChI=1S/C37H40F4N6O2/c1-25-3-5-26(6-4-25)23-45-13-15-46(16-14-45)24-27-7-9-32(38)29(19-27)28-8-10-34(47-17-11-44(2)12-18-47)33(20-28)43-36(49)30-22-42-35(48)21-31(30)37(39,40)41/h3-10,19-22H,11-18,23-24H2,1-2H3,(H,42,48)(H,43,49). The first kappa shape index (κ1) is 34.3. The van der Waals surface area contributed by atoms with E-state index in [1.165, 1.54) is 17.2 Å². The van der Waals surface area contributed by atoms with E-state index in [1.54, 1.807) is 30.3 Å². The monoisotopic (exact) mass is 676 g/mol. The van der Waals surface area contributed by atoms with E-state index < -0.39 is 34.6 Å². The van der Waals surface area contributed by atoms with Crippen molar-refractivity contribution in [1.82, 2.24) is 19.7 Å². The number of likely N-dealkylation sites (N-methyl/N-ethyl adjacent to an activating group) is 1. The number of pyridine rings is 1. The Kier molecular flexibility index (Phi) is 10.2. The van der Waals surface area contributed by atoms with Crippen molar-refractivity contribution in [3.05, 3.63) is 117 Å². The van der Waals surface area contributed by atoms with E-state index in [-0.39, 0.29) is 5.69 Å². The second kappa shape index (κ2) is 14.5. The van der Waals surface area contributed by atoms with Gasteiger partial charge in [0.25, 0.3) is 5.91 Å². The van der Waals surface area contributed by atoms with Crippen molar-refractivity contribution in [2.45, 2.75) is 26.2 Å². The van der Waals surface area contributed by atoms with E-state index >= 15 is 4.39 Å². The number of hydrogen-bond acceptors (Lipinski definition) is 6. The zero-order valence-electron chi connectivity index (χ0n) is 27.6. The normalized spacial score (nSPS) is 16.6. The van der Waals surface area contributed by atoms with Gasteiger partial charge in [0.2, 0.25) is 5.56 Å². The minimum absolute atomic E-state index is 0.251. The Morgan fingerprint density at radius 1 is 0.816 bits per heavy atom. The predicted octanol–water partition coefficient (Wildman–Crippen LogP) is 5.83. The highest BCUT2D eigenvalue weighted by Crippen LogP contribution is 2.36. The van der Waals surface area contributed by atoms with Gasteiger partial charge in [-0.3, -0.25) is 19.4 Å². The van der Waals surface area contributed by atoms with Crippen LogP contribution in [0.4, 0.5) is 28.9 Å². The van der Waals surface area contributed by atoms with Gasteiger partial charge < -0.3 is 20.1 Å². The van der Waals surface area contributed by atoms with Gasteiger partial charge in [-0.1, -0.05) is 42.0 Å². The van der Waals surface area contributed by atoms with E-state index in [4.69, 9.17) is 0 Å². The highest BCUT2D eigenvalue weighted by molar-refractivity contribution is 6.07. The Hall–Kier alpha value is -4.52. The van der Waals surface area contributed by atoms with Crippen LogP contribution in [0.3, 0.4) is 0 Å². The minimum Gasteiger partial charge on any atom is -0.367 e. The summed E-state index contributed by atoms with van der Waals surface area (Å²) >= 11 is 0. The van der Waals surface area contributed by atoms with Gasteiger partial charge in [-0.05, 0) is 54.9 Å². The van der Waals surface area contributed by atoms with E-state index in [1.807, 2.05) is 11.9 Å². The number of aromatic nitrogens is 1. The maximum absolute atomic E-state index is 15.4. The van der Waals surface area contributed by atoms with Gasteiger partial charge in [0.1, 0.15) is 5.82 Å². The summed E-state index contributed by atoms with van der Waals surface area (Å²) in [4.78, 5) is 36.2. The highest BCUT2D eigenvalue weighted by atomic mass is 19.4. The number of rotatable bonds is 8. The molecule has 8 nitrogen and oxygen atoms in total. The molecule has 0 saturated carbocycles. The molecule has 12 heteroatoms. The second-order valence-electron chi connectivity index (χ2n) is 13.0. The first-order valence-corrected chi connectivity index (χ1v) is 16.4. The molecule has 2 aliphatic heterocycles. The molecule has 3 heterocycles. The van der Waals surface area contributed by atoms with Gasteiger partial charge in [0.05, 0.1) is 22.5 Å². The van der Waals surface area contributed by atoms with Crippen LogP contribution in [0.2, 0.25) is 0 Å². The number of H-pyrrole nitrogens is 1. The number of piperazine rings is 2. The maximum atomic E-state index is 15.4. The van der Waals surface area contributed by atoms with Gasteiger partial charge in [-0.15, -0.1) is 0 Å². The SMILES string of the molecule is Cc1ccc(CN2CCN(Cc3ccc(F)c(-c4ccc(N5CCN(C)CC5)c(NC(=O)c5c[nH]c(=O)cc5C(F)(F)F)c4)c3)CC2)cc1. The third-order valence-corrected chi connectivity index (χ3v) is 9.30. The minimum atomic E-state index is -4.92. The number of halogens is 4. The molecule has 0 unspecified atom stereocenters. The van der Waals surface area contributed by atoms with Crippen molar-refractivity contribution in [2.24, 2.45) is 0 Å². The number of hydrogen-bond donors (Lipinski definition) is 2. The summed E-state index contributed by atoms with van der Waals surface area (Å²) in [6, 6.07) is 19.1. The quantitative estimate of drug-likeness (QED) is 0.229. The molecule has 0 atom stereocenters. The van der Waals surface area contributed by atoms with E-state index in [2.05, 4.69) is 56.2 Å². The lowest BCUT2D eigenvalue weighted by Gasteiger charge is -2.35. The van der Waals surface area contributed by atoms with Crippen molar-refractivity contribution >= 4 is 17.3 Å². The summed E-state index contributed by atoms with van der Waals surface area (Å²) in [5.74, 6) is -1.48. The number of anilines is 2. The number of carbonyl (C=O) groups is 1. The molecule has 0 aliphatic carbocycles. The van der Waals surface area contributed by atoms with Gasteiger partial charge in [0, 0.05) is 83.3 Å². The molecule has 6 rings (SSSR count). The van der Waals surface area contributed by atoms with E-state index in [0.29, 0.717) is 42.5 Å². The van der Waals surface area contributed by atoms with Crippen LogP contribution >= 0.6 is 0 Å². The van der Waals surface area contributed by atoms with Crippen LogP contribution in [-0.4, -0.2) is 85.0 Å². The van der Waals surface area contributed by atoms with Crippen molar-refractivity contribution in [3.8, 4) is 11.1 Å². The number of benzene rings is 3. The van der Waals surface area contributed by atoms with Gasteiger partial charge in [-0.2, -0.15) is 13.2 Å². The topological polar surface area (TPSA) is 74.9 Å². The molecule has 0 radical (unpaired) electrons. The number of amides is 1. The lowest BCUT2D eigenvalue weighted by molar-refractivity contribution is -0.138. The van der Waals surface area contributed by atoms with E-state index in [9.17, 15) is 22.8 Å². The Labute approximate surface area is 282 Å². The first-order valence-electron chi connectivity index (χ1n) is 16.4. The Balaban J connectivity index is 1.23. The molecule has 0 bridgehead atoms. The Morgan fingerprint density at radius 3 is 2.10 bits per heavy atom. The number of aryl methyl sites for hydroxylation is 1. The maximum Gasteiger partial charge on any atom is 0.417 e. The van der Waals surface area contributed by atoms with Crippen LogP contribution in [0, 0.1) is 12.7 Å². The molecule has 4 aromatic rings. The fourth-order valence-electron chi connectivity index (χ4n) is 6.42. The summed E-state index contributed by atoms with van der Waals surface area (Å²) in [6.07, 6.45) is -4.15. The van der Waals surface area contributed by atoms with Crippen molar-refractivity contribution in [1.29, 1.82) is 0 Å². The third kappa shape index (κ3) is 8.38. The zero-order chi connectivity index (χ0) is 34.7. The van der Waals surface area contributed by atoms with Crippen LogP contribution in [-0.2, 0) is 19.3 Å². The molecule has 49 heavy (non-hydrogen) atoms. The van der Waals surface area contributed by atoms with E-state index in [0.717, 1.165) is 57.6 Å². The lowest BCUT2D eigenvalue weighted by Crippen LogP contribution is -2.45. The first-order chi connectivity index (χ1) is 23.4. The molecule has 2 fully saturated rings. The van der Waals surface area contributed by atoms with Crippen LogP contribution in [0.15, 0.2) is 77.7 Å². The fourth-order valence-corrected chi connectivity index (χ4v) is 6.42. The van der Waals surface area contributed by atoms with Gasteiger partial charge in [-0.25, -0.2) is 4.39 Å². The summed E-state index contributed by atoms with van der Waals surface area (Å²) in [6.45, 7) is 9.98. The summed E-state index contributed by atoms with van der Waals surface area (Å²) in [5.41, 5.74) is 2.12. The third-order valence-electron chi connectivity index (χ3n) is 9.30. The average Bonchev–Trinajstić information content (AvgIpc) is 3.07. The molecule has 1 amide bonds. The zero-order valence-corrected chi connectivity index (χ0v) is 27.6. The van der Waals surface area contributed by atoms with Crippen molar-refractivity contribution in [3.63, 3.8) is 0 Å². The van der Waals surface area contributed by atoms with Crippen molar-refractivity contribution < 1.29 is 22.4 Å². The highest BCUT2D eigenvalue weighted by Gasteiger charge is 2.36.